The highest BCUT2D eigenvalue weighted by Crippen LogP contribution is 2.36. The van der Waals surface area contributed by atoms with Crippen LogP contribution in [0.2, 0.25) is 19.6 Å². The number of alkyl halides is 1. The van der Waals surface area contributed by atoms with Crippen LogP contribution in [0.15, 0.2) is 24.3 Å². The molecule has 0 spiro atoms. The zero-order valence-electron chi connectivity index (χ0n) is 15.3. The molecule has 0 radical (unpaired) electrons. The molecule has 0 amide bonds. The molecule has 1 aromatic rings. The molecule has 0 saturated carbocycles. The molecule has 0 unspecified atom stereocenters. The molecule has 0 bridgehead atoms. The first-order valence-corrected chi connectivity index (χ1v) is 13.4. The van der Waals surface area contributed by atoms with E-state index in [-0.39, 0.29) is 23.8 Å². The minimum Gasteiger partial charge on any atom is -0.465 e. The zero-order chi connectivity index (χ0) is 18.8. The summed E-state index contributed by atoms with van der Waals surface area (Å²) in [5.41, 5.74) is 0.0482. The SMILES string of the molecule is C[C@@H]1[C@@H](Oc2ccc([N+](=O)[O-])cc2)O[C@H](CI)[C@@H](O[Si](C)(C)C)[C@@H]1C. The summed E-state index contributed by atoms with van der Waals surface area (Å²) in [6.45, 7) is 10.9. The molecule has 8 heteroatoms. The molecule has 1 heterocycles. The number of rotatable bonds is 6. The van der Waals surface area contributed by atoms with Gasteiger partial charge in [-0.05, 0) is 37.7 Å². The lowest BCUT2D eigenvalue weighted by Crippen LogP contribution is -2.55. The van der Waals surface area contributed by atoms with Crippen LogP contribution in [0.3, 0.4) is 0 Å². The van der Waals surface area contributed by atoms with Gasteiger partial charge in [-0.1, -0.05) is 36.4 Å². The molecule has 1 saturated heterocycles. The maximum atomic E-state index is 10.8. The number of hydrogen-bond acceptors (Lipinski definition) is 5. The van der Waals surface area contributed by atoms with Crippen LogP contribution in [0.4, 0.5) is 5.69 Å². The van der Waals surface area contributed by atoms with Gasteiger partial charge in [0.2, 0.25) is 6.29 Å². The summed E-state index contributed by atoms with van der Waals surface area (Å²) in [6, 6.07) is 6.11. The number of non-ortho nitro benzene ring substituents is 1. The fourth-order valence-electron chi connectivity index (χ4n) is 2.89. The average molecular weight is 479 g/mol. The van der Waals surface area contributed by atoms with E-state index in [9.17, 15) is 10.1 Å². The van der Waals surface area contributed by atoms with Crippen LogP contribution in [-0.4, -0.2) is 36.2 Å². The van der Waals surface area contributed by atoms with Crippen molar-refractivity contribution in [1.82, 2.24) is 0 Å². The second kappa shape index (κ2) is 8.32. The molecule has 25 heavy (non-hydrogen) atoms. The molecule has 5 atom stereocenters. The van der Waals surface area contributed by atoms with Gasteiger partial charge >= 0.3 is 0 Å². The van der Waals surface area contributed by atoms with Crippen LogP contribution < -0.4 is 4.74 Å². The Bertz CT molecular complexity index is 590. The van der Waals surface area contributed by atoms with Gasteiger partial charge in [0.1, 0.15) is 5.75 Å². The molecule has 0 aromatic heterocycles. The highest BCUT2D eigenvalue weighted by molar-refractivity contribution is 14.1. The van der Waals surface area contributed by atoms with Gasteiger partial charge in [0, 0.05) is 22.5 Å². The lowest BCUT2D eigenvalue weighted by molar-refractivity contribution is -0.384. The molecule has 0 aliphatic carbocycles. The Morgan fingerprint density at radius 1 is 1.20 bits per heavy atom. The quantitative estimate of drug-likeness (QED) is 0.196. The third kappa shape index (κ3) is 5.38. The van der Waals surface area contributed by atoms with Crippen LogP contribution in [0.25, 0.3) is 0 Å². The molecular formula is C17H26INO5Si. The number of benzene rings is 1. The zero-order valence-corrected chi connectivity index (χ0v) is 18.4. The summed E-state index contributed by atoms with van der Waals surface area (Å²) in [4.78, 5) is 10.3. The van der Waals surface area contributed by atoms with E-state index in [2.05, 4.69) is 56.1 Å². The molecule has 1 aliphatic rings. The molecule has 1 aliphatic heterocycles. The van der Waals surface area contributed by atoms with Gasteiger partial charge in [0.15, 0.2) is 8.32 Å². The summed E-state index contributed by atoms with van der Waals surface area (Å²) in [5, 5.41) is 10.8. The van der Waals surface area contributed by atoms with E-state index in [1.807, 2.05) is 0 Å². The van der Waals surface area contributed by atoms with E-state index in [1.165, 1.54) is 12.1 Å². The largest absolute Gasteiger partial charge is 0.465 e. The summed E-state index contributed by atoms with van der Waals surface area (Å²) in [7, 11) is -1.68. The van der Waals surface area contributed by atoms with Crippen molar-refractivity contribution in [3.8, 4) is 5.75 Å². The van der Waals surface area contributed by atoms with E-state index in [0.717, 1.165) is 4.43 Å². The number of nitrogens with zero attached hydrogens (tertiary/aromatic N) is 1. The lowest BCUT2D eigenvalue weighted by atomic mass is 9.85. The smallest absolute Gasteiger partial charge is 0.269 e. The Labute approximate surface area is 163 Å². The van der Waals surface area contributed by atoms with Crippen LogP contribution >= 0.6 is 22.6 Å². The van der Waals surface area contributed by atoms with Crippen molar-refractivity contribution in [3.05, 3.63) is 34.4 Å². The molecule has 1 aromatic carbocycles. The third-order valence-electron chi connectivity index (χ3n) is 4.39. The standard InChI is InChI=1S/C17H26INO5Si/c1-11-12(2)17(22-14-8-6-13(7-9-14)19(20)21)23-15(10-18)16(11)24-25(3,4)5/h6-9,11-12,15-17H,10H2,1-5H3/t11-,12+,15-,16+,17+/m1/s1. The van der Waals surface area contributed by atoms with Crippen LogP contribution in [0.5, 0.6) is 5.75 Å². The van der Waals surface area contributed by atoms with E-state index >= 15 is 0 Å². The van der Waals surface area contributed by atoms with Gasteiger partial charge in [-0.15, -0.1) is 0 Å². The van der Waals surface area contributed by atoms with Crippen molar-refractivity contribution in [2.24, 2.45) is 11.8 Å². The second-order valence-corrected chi connectivity index (χ2v) is 12.8. The number of hydrogen-bond donors (Lipinski definition) is 0. The maximum Gasteiger partial charge on any atom is 0.269 e. The second-order valence-electron chi connectivity index (χ2n) is 7.48. The van der Waals surface area contributed by atoms with Crippen molar-refractivity contribution in [3.63, 3.8) is 0 Å². The van der Waals surface area contributed by atoms with Crippen molar-refractivity contribution < 1.29 is 18.8 Å². The van der Waals surface area contributed by atoms with Gasteiger partial charge in [0.25, 0.3) is 5.69 Å². The lowest BCUT2D eigenvalue weighted by Gasteiger charge is -2.45. The fourth-order valence-corrected chi connectivity index (χ4v) is 4.78. The monoisotopic (exact) mass is 479 g/mol. The van der Waals surface area contributed by atoms with Crippen molar-refractivity contribution in [1.29, 1.82) is 0 Å². The van der Waals surface area contributed by atoms with Crippen molar-refractivity contribution in [2.75, 3.05) is 4.43 Å². The normalized spacial score (nSPS) is 30.1. The first-order chi connectivity index (χ1) is 11.6. The number of nitro benzene ring substituents is 1. The molecule has 6 nitrogen and oxygen atoms in total. The Morgan fingerprint density at radius 2 is 1.80 bits per heavy atom. The maximum absolute atomic E-state index is 10.8. The Kier molecular flexibility index (Phi) is 6.85. The summed E-state index contributed by atoms with van der Waals surface area (Å²) < 4.78 is 19.4. The van der Waals surface area contributed by atoms with Gasteiger partial charge in [-0.25, -0.2) is 0 Å². The molecular weight excluding hydrogens is 453 g/mol. The van der Waals surface area contributed by atoms with Crippen molar-refractivity contribution >= 4 is 36.6 Å². The fraction of sp³-hybridized carbons (Fsp3) is 0.647. The highest BCUT2D eigenvalue weighted by Gasteiger charge is 2.44. The first kappa shape index (κ1) is 20.6. The summed E-state index contributed by atoms with van der Waals surface area (Å²) >= 11 is 2.32. The molecule has 140 valence electrons. The van der Waals surface area contributed by atoms with Crippen LogP contribution in [-0.2, 0) is 9.16 Å². The molecule has 0 N–H and O–H groups in total. The minimum atomic E-state index is -1.68. The predicted octanol–water partition coefficient (Wildman–Crippen LogP) is 4.63. The number of halogens is 1. The van der Waals surface area contributed by atoms with Gasteiger partial charge < -0.3 is 13.9 Å². The Morgan fingerprint density at radius 3 is 2.28 bits per heavy atom. The molecule has 1 fully saturated rings. The van der Waals surface area contributed by atoms with E-state index in [1.54, 1.807) is 12.1 Å². The first-order valence-electron chi connectivity index (χ1n) is 8.42. The van der Waals surface area contributed by atoms with E-state index in [4.69, 9.17) is 13.9 Å². The van der Waals surface area contributed by atoms with Crippen LogP contribution in [0.1, 0.15) is 13.8 Å². The highest BCUT2D eigenvalue weighted by atomic mass is 127. The predicted molar refractivity (Wildman–Crippen MR) is 108 cm³/mol. The Balaban J connectivity index is 2.11. The summed E-state index contributed by atoms with van der Waals surface area (Å²) in [6.07, 6.45) is -0.352. The number of ether oxygens (including phenoxy) is 2. The average Bonchev–Trinajstić information content (AvgIpc) is 2.54. The Hall–Kier alpha value is -0.713. The minimum absolute atomic E-state index is 0.0263. The number of nitro groups is 1. The topological polar surface area (TPSA) is 70.8 Å². The molecule has 2 rings (SSSR count). The van der Waals surface area contributed by atoms with E-state index in [0.29, 0.717) is 11.7 Å². The van der Waals surface area contributed by atoms with E-state index < -0.39 is 19.5 Å². The summed E-state index contributed by atoms with van der Waals surface area (Å²) in [5.74, 6) is 1.02. The van der Waals surface area contributed by atoms with Crippen LogP contribution in [0, 0.1) is 22.0 Å². The third-order valence-corrected chi connectivity index (χ3v) is 6.24. The van der Waals surface area contributed by atoms with Gasteiger partial charge in [-0.2, -0.15) is 0 Å². The van der Waals surface area contributed by atoms with Gasteiger partial charge in [0.05, 0.1) is 17.1 Å². The van der Waals surface area contributed by atoms with Crippen molar-refractivity contribution in [2.45, 2.75) is 52.0 Å². The van der Waals surface area contributed by atoms with Gasteiger partial charge in [-0.3, -0.25) is 10.1 Å².